The molecule has 2 aromatic rings. The molecule has 0 radical (unpaired) electrons. The molecule has 0 atom stereocenters. The van der Waals surface area contributed by atoms with E-state index < -0.39 is 0 Å². The summed E-state index contributed by atoms with van der Waals surface area (Å²) in [6, 6.07) is 7.53. The van der Waals surface area contributed by atoms with Crippen LogP contribution in [0.5, 0.6) is 0 Å². The van der Waals surface area contributed by atoms with Crippen LogP contribution in [0.15, 0.2) is 41.8 Å². The van der Waals surface area contributed by atoms with Crippen LogP contribution in [0.1, 0.15) is 18.1 Å². The molecule has 0 aromatic carbocycles. The van der Waals surface area contributed by atoms with E-state index in [0.29, 0.717) is 10.3 Å². The standard InChI is InChI=1S/C16H17Cl2N3O/c1-11(21-22-2)14(7-12-3-5-15(17)19-9-12)8-13-4-6-16(18)20-10-13/h3-6,9-10,14H,7-8H2,1-2H3/b21-11-. The molecule has 4 nitrogen and oxygen atoms in total. The normalized spacial score (nSPS) is 11.8. The lowest BCUT2D eigenvalue weighted by Gasteiger charge is -2.16. The van der Waals surface area contributed by atoms with Gasteiger partial charge in [-0.2, -0.15) is 0 Å². The first kappa shape index (κ1) is 16.7. The number of halogens is 2. The van der Waals surface area contributed by atoms with Crippen molar-refractivity contribution in [3.05, 3.63) is 58.1 Å². The first-order valence-electron chi connectivity index (χ1n) is 6.87. The molecular formula is C16H17Cl2N3O. The molecule has 2 rings (SSSR count). The van der Waals surface area contributed by atoms with Crippen molar-refractivity contribution < 1.29 is 4.84 Å². The van der Waals surface area contributed by atoms with Crippen molar-refractivity contribution >= 4 is 28.9 Å². The van der Waals surface area contributed by atoms with E-state index in [2.05, 4.69) is 15.1 Å². The molecule has 6 heteroatoms. The third-order valence-corrected chi connectivity index (χ3v) is 3.81. The maximum absolute atomic E-state index is 5.83. The molecule has 0 N–H and O–H groups in total. The highest BCUT2D eigenvalue weighted by Crippen LogP contribution is 2.18. The van der Waals surface area contributed by atoms with Gasteiger partial charge < -0.3 is 4.84 Å². The van der Waals surface area contributed by atoms with Gasteiger partial charge in [-0.15, -0.1) is 0 Å². The Morgan fingerprint density at radius 3 is 1.91 bits per heavy atom. The summed E-state index contributed by atoms with van der Waals surface area (Å²) in [7, 11) is 1.55. The van der Waals surface area contributed by atoms with Gasteiger partial charge in [-0.05, 0) is 43.0 Å². The largest absolute Gasteiger partial charge is 0.399 e. The maximum atomic E-state index is 5.83. The molecule has 0 unspecified atom stereocenters. The fraction of sp³-hybridized carbons (Fsp3) is 0.312. The van der Waals surface area contributed by atoms with Gasteiger partial charge in [-0.1, -0.05) is 40.5 Å². The van der Waals surface area contributed by atoms with Crippen LogP contribution in [0.2, 0.25) is 10.3 Å². The second kappa shape index (κ2) is 8.11. The first-order valence-corrected chi connectivity index (χ1v) is 7.62. The molecule has 0 saturated carbocycles. The van der Waals surface area contributed by atoms with Gasteiger partial charge in [0.2, 0.25) is 0 Å². The number of aromatic nitrogens is 2. The van der Waals surface area contributed by atoms with Crippen molar-refractivity contribution in [2.45, 2.75) is 19.8 Å². The van der Waals surface area contributed by atoms with E-state index >= 15 is 0 Å². The number of nitrogens with zero attached hydrogens (tertiary/aromatic N) is 3. The average molecular weight is 338 g/mol. The molecule has 0 saturated heterocycles. The molecular weight excluding hydrogens is 321 g/mol. The summed E-state index contributed by atoms with van der Waals surface area (Å²) in [5.41, 5.74) is 3.12. The Morgan fingerprint density at radius 2 is 1.55 bits per heavy atom. The van der Waals surface area contributed by atoms with E-state index in [1.807, 2.05) is 19.1 Å². The zero-order valence-electron chi connectivity index (χ0n) is 12.5. The Bertz CT molecular complexity index is 579. The zero-order chi connectivity index (χ0) is 15.9. The highest BCUT2D eigenvalue weighted by molar-refractivity contribution is 6.29. The third-order valence-electron chi connectivity index (χ3n) is 3.37. The van der Waals surface area contributed by atoms with Crippen LogP contribution < -0.4 is 0 Å². The van der Waals surface area contributed by atoms with Crippen molar-refractivity contribution in [3.63, 3.8) is 0 Å². The number of hydrogen-bond donors (Lipinski definition) is 0. The summed E-state index contributed by atoms with van der Waals surface area (Å²) < 4.78 is 0. The topological polar surface area (TPSA) is 47.4 Å². The van der Waals surface area contributed by atoms with Crippen molar-refractivity contribution in [3.8, 4) is 0 Å². The van der Waals surface area contributed by atoms with Gasteiger partial charge in [0.15, 0.2) is 0 Å². The minimum absolute atomic E-state index is 0.186. The molecule has 0 spiro atoms. The maximum Gasteiger partial charge on any atom is 0.129 e. The lowest BCUT2D eigenvalue weighted by molar-refractivity contribution is 0.210. The van der Waals surface area contributed by atoms with E-state index in [4.69, 9.17) is 28.0 Å². The number of pyridine rings is 2. The van der Waals surface area contributed by atoms with Crippen LogP contribution in [0.3, 0.4) is 0 Å². The van der Waals surface area contributed by atoms with Gasteiger partial charge in [-0.3, -0.25) is 0 Å². The smallest absolute Gasteiger partial charge is 0.129 e. The lowest BCUT2D eigenvalue weighted by Crippen LogP contribution is -2.18. The fourth-order valence-electron chi connectivity index (χ4n) is 2.21. The Labute approximate surface area is 140 Å². The summed E-state index contributed by atoms with van der Waals surface area (Å²) in [4.78, 5) is 13.2. The van der Waals surface area contributed by atoms with Gasteiger partial charge in [-0.25, -0.2) is 9.97 Å². The minimum Gasteiger partial charge on any atom is -0.399 e. The predicted molar refractivity (Wildman–Crippen MR) is 89.5 cm³/mol. The van der Waals surface area contributed by atoms with Gasteiger partial charge in [0.25, 0.3) is 0 Å². The van der Waals surface area contributed by atoms with Crippen LogP contribution in [0.4, 0.5) is 0 Å². The predicted octanol–water partition coefficient (Wildman–Crippen LogP) is 4.21. The van der Waals surface area contributed by atoms with Crippen molar-refractivity contribution in [1.82, 2.24) is 9.97 Å². The van der Waals surface area contributed by atoms with E-state index in [1.165, 1.54) is 0 Å². The molecule has 0 aliphatic rings. The molecule has 2 aromatic heterocycles. The molecule has 0 aliphatic carbocycles. The van der Waals surface area contributed by atoms with Crippen molar-refractivity contribution in [1.29, 1.82) is 0 Å². The van der Waals surface area contributed by atoms with Gasteiger partial charge in [0.1, 0.15) is 17.4 Å². The first-order chi connectivity index (χ1) is 10.6. The molecule has 22 heavy (non-hydrogen) atoms. The molecule has 0 bridgehead atoms. The van der Waals surface area contributed by atoms with E-state index in [9.17, 15) is 0 Å². The van der Waals surface area contributed by atoms with Crippen molar-refractivity contribution in [2.24, 2.45) is 11.1 Å². The SMILES string of the molecule is CO/N=C(/C)C(Cc1ccc(Cl)nc1)Cc1ccc(Cl)nc1. The van der Waals surface area contributed by atoms with Crippen molar-refractivity contribution in [2.75, 3.05) is 7.11 Å². The Kier molecular flexibility index (Phi) is 6.16. The van der Waals surface area contributed by atoms with Gasteiger partial charge in [0.05, 0.1) is 5.71 Å². The van der Waals surface area contributed by atoms with E-state index in [-0.39, 0.29) is 5.92 Å². The van der Waals surface area contributed by atoms with Crippen LogP contribution >= 0.6 is 23.2 Å². The quantitative estimate of drug-likeness (QED) is 0.450. The molecule has 0 fully saturated rings. The van der Waals surface area contributed by atoms with Crippen LogP contribution in [0.25, 0.3) is 0 Å². The van der Waals surface area contributed by atoms with E-state index in [0.717, 1.165) is 29.7 Å². The molecule has 2 heterocycles. The second-order valence-corrected chi connectivity index (χ2v) is 5.77. The summed E-state index contributed by atoms with van der Waals surface area (Å²) in [6.07, 6.45) is 5.17. The third kappa shape index (κ3) is 4.97. The molecule has 0 aliphatic heterocycles. The molecule has 0 amide bonds. The highest BCUT2D eigenvalue weighted by atomic mass is 35.5. The number of hydrogen-bond acceptors (Lipinski definition) is 4. The lowest BCUT2D eigenvalue weighted by atomic mass is 9.90. The van der Waals surface area contributed by atoms with Crippen LogP contribution in [0, 0.1) is 5.92 Å². The van der Waals surface area contributed by atoms with Crippen LogP contribution in [-0.2, 0) is 17.7 Å². The van der Waals surface area contributed by atoms with E-state index in [1.54, 1.807) is 31.6 Å². The highest BCUT2D eigenvalue weighted by Gasteiger charge is 2.15. The number of oxime groups is 1. The summed E-state index contributed by atoms with van der Waals surface area (Å²) in [6.45, 7) is 1.96. The Hall–Kier alpha value is -1.65. The zero-order valence-corrected chi connectivity index (χ0v) is 14.0. The second-order valence-electron chi connectivity index (χ2n) is 5.00. The molecule has 116 valence electrons. The minimum atomic E-state index is 0.186. The Balaban J connectivity index is 2.17. The van der Waals surface area contributed by atoms with Crippen LogP contribution in [-0.4, -0.2) is 22.8 Å². The van der Waals surface area contributed by atoms with Gasteiger partial charge >= 0.3 is 0 Å². The number of rotatable bonds is 6. The summed E-state index contributed by atoms with van der Waals surface area (Å²) in [5.74, 6) is 0.186. The summed E-state index contributed by atoms with van der Waals surface area (Å²) >= 11 is 11.7. The monoisotopic (exact) mass is 337 g/mol. The fourth-order valence-corrected chi connectivity index (χ4v) is 2.43. The van der Waals surface area contributed by atoms with Gasteiger partial charge in [0, 0.05) is 18.3 Å². The average Bonchev–Trinajstić information content (AvgIpc) is 2.51. The summed E-state index contributed by atoms with van der Waals surface area (Å²) in [5, 5.41) is 5.06. The Morgan fingerprint density at radius 1 is 1.05 bits per heavy atom.